The lowest BCUT2D eigenvalue weighted by atomic mass is 9.95. The maximum absolute atomic E-state index is 13.9. The molecule has 2 aromatic rings. The minimum absolute atomic E-state index is 0.175. The topological polar surface area (TPSA) is 60.1 Å². The lowest BCUT2D eigenvalue weighted by Gasteiger charge is -2.11. The molecule has 0 saturated heterocycles. The van der Waals surface area contributed by atoms with Crippen LogP contribution in [-0.4, -0.2) is 27.0 Å². The zero-order chi connectivity index (χ0) is 17.6. The predicted octanol–water partition coefficient (Wildman–Crippen LogP) is 4.20. The van der Waals surface area contributed by atoms with Gasteiger partial charge in [-0.05, 0) is 32.6 Å². The molecule has 1 aromatic heterocycles. The highest BCUT2D eigenvalue weighted by molar-refractivity contribution is 6.02. The molecule has 0 amide bonds. The molecule has 0 spiro atoms. The second-order valence-electron chi connectivity index (χ2n) is 6.99. The van der Waals surface area contributed by atoms with Gasteiger partial charge in [0.05, 0.1) is 11.4 Å². The number of hydrogen-bond donors (Lipinski definition) is 0. The van der Waals surface area contributed by atoms with Gasteiger partial charge in [-0.3, -0.25) is 4.79 Å². The summed E-state index contributed by atoms with van der Waals surface area (Å²) in [5.74, 6) is -0.309. The number of ketones is 1. The van der Waals surface area contributed by atoms with E-state index in [0.29, 0.717) is 24.2 Å². The predicted molar refractivity (Wildman–Crippen MR) is 93.9 cm³/mol. The van der Waals surface area contributed by atoms with Crippen LogP contribution in [0.3, 0.4) is 0 Å². The van der Waals surface area contributed by atoms with Gasteiger partial charge in [-0.15, -0.1) is 5.10 Å². The average molecular weight is 338 g/mol. The van der Waals surface area contributed by atoms with Gasteiger partial charge in [-0.25, -0.2) is 9.67 Å². The number of benzene rings is 1. The van der Waals surface area contributed by atoms with Crippen LogP contribution in [-0.2, 0) is 0 Å². The highest BCUT2D eigenvalue weighted by atomic mass is 19.1. The van der Waals surface area contributed by atoms with Crippen molar-refractivity contribution in [3.8, 4) is 11.3 Å². The molecule has 2 aliphatic rings. The van der Waals surface area contributed by atoms with Crippen LogP contribution in [0.2, 0.25) is 0 Å². The van der Waals surface area contributed by atoms with Crippen molar-refractivity contribution in [1.29, 1.82) is 0 Å². The third-order valence-electron chi connectivity index (χ3n) is 5.07. The zero-order valence-electron chi connectivity index (χ0n) is 14.3. The quantitative estimate of drug-likeness (QED) is 0.620. The Kier molecular flexibility index (Phi) is 3.63. The van der Waals surface area contributed by atoms with Crippen molar-refractivity contribution < 1.29 is 9.18 Å². The van der Waals surface area contributed by atoms with Crippen molar-refractivity contribution in [3.63, 3.8) is 0 Å². The Balaban J connectivity index is 1.65. The second-order valence-corrected chi connectivity index (χ2v) is 6.99. The van der Waals surface area contributed by atoms with Crippen molar-refractivity contribution in [2.75, 3.05) is 0 Å². The lowest BCUT2D eigenvalue weighted by Crippen LogP contribution is -2.11. The fraction of sp³-hybridized carbons (Fsp3) is 0.368. The summed E-state index contributed by atoms with van der Waals surface area (Å²) in [6.07, 6.45) is 4.73. The molecular weight excluding hydrogens is 319 g/mol. The lowest BCUT2D eigenvalue weighted by molar-refractivity contribution is 0.0912. The number of carbonyl (C=O) groups excluding carboxylic acids is 1. The van der Waals surface area contributed by atoms with E-state index in [2.05, 4.69) is 15.3 Å². The summed E-state index contributed by atoms with van der Waals surface area (Å²) < 4.78 is 15.5. The van der Waals surface area contributed by atoms with E-state index in [1.165, 1.54) is 4.68 Å². The van der Waals surface area contributed by atoms with Gasteiger partial charge in [0.15, 0.2) is 5.78 Å². The fourth-order valence-electron chi connectivity index (χ4n) is 3.11. The molecule has 0 unspecified atom stereocenters. The number of halogens is 1. The summed E-state index contributed by atoms with van der Waals surface area (Å²) in [6.45, 7) is 3.87. The summed E-state index contributed by atoms with van der Waals surface area (Å²) in [5, 5.41) is 8.31. The summed E-state index contributed by atoms with van der Waals surface area (Å²) >= 11 is 0. The monoisotopic (exact) mass is 338 g/mol. The van der Waals surface area contributed by atoms with Crippen molar-refractivity contribution in [1.82, 2.24) is 15.0 Å². The van der Waals surface area contributed by atoms with E-state index in [1.807, 2.05) is 38.1 Å². The van der Waals surface area contributed by atoms with E-state index in [0.717, 1.165) is 29.7 Å². The Hall–Kier alpha value is -2.63. The highest BCUT2D eigenvalue weighted by Crippen LogP contribution is 2.47. The van der Waals surface area contributed by atoms with Gasteiger partial charge < -0.3 is 0 Å². The molecule has 0 bridgehead atoms. The van der Waals surface area contributed by atoms with Gasteiger partial charge >= 0.3 is 0 Å². The minimum atomic E-state index is -0.510. The number of aromatic nitrogens is 3. The van der Waals surface area contributed by atoms with Crippen molar-refractivity contribution >= 4 is 17.7 Å². The van der Waals surface area contributed by atoms with Gasteiger partial charge in [0.1, 0.15) is 5.69 Å². The minimum Gasteiger partial charge on any atom is -0.294 e. The fourth-order valence-corrected chi connectivity index (χ4v) is 3.11. The Morgan fingerprint density at radius 1 is 1.24 bits per heavy atom. The van der Waals surface area contributed by atoms with E-state index in [9.17, 15) is 9.18 Å². The molecule has 2 heterocycles. The van der Waals surface area contributed by atoms with Crippen molar-refractivity contribution in [3.05, 3.63) is 41.5 Å². The van der Waals surface area contributed by atoms with Crippen LogP contribution in [0, 0.1) is 12.3 Å². The van der Waals surface area contributed by atoms with E-state index in [-0.39, 0.29) is 11.2 Å². The third-order valence-corrected chi connectivity index (χ3v) is 5.07. The molecule has 25 heavy (non-hydrogen) atoms. The SMILES string of the molecule is Cc1c(-c2ccc(C(=O)C3(C)CC3)cc2)nnn1C1=C(F)N=CCC1. The molecular formula is C19H19FN4O. The van der Waals surface area contributed by atoms with E-state index in [1.54, 1.807) is 6.21 Å². The first-order valence-electron chi connectivity index (χ1n) is 8.49. The van der Waals surface area contributed by atoms with Gasteiger partial charge in [-0.2, -0.15) is 4.39 Å². The first kappa shape index (κ1) is 15.9. The summed E-state index contributed by atoms with van der Waals surface area (Å²) in [4.78, 5) is 16.1. The second kappa shape index (κ2) is 5.72. The summed E-state index contributed by atoms with van der Waals surface area (Å²) in [7, 11) is 0. The number of hydrogen-bond acceptors (Lipinski definition) is 4. The number of rotatable bonds is 4. The van der Waals surface area contributed by atoms with Gasteiger partial charge in [0.25, 0.3) is 0 Å². The van der Waals surface area contributed by atoms with Crippen LogP contribution in [0.25, 0.3) is 17.0 Å². The third kappa shape index (κ3) is 2.71. The largest absolute Gasteiger partial charge is 0.294 e. The molecule has 0 N–H and O–H groups in total. The molecule has 0 atom stereocenters. The molecule has 1 fully saturated rings. The number of nitrogens with zero attached hydrogens (tertiary/aromatic N) is 4. The molecule has 1 aliphatic heterocycles. The number of Topliss-reactive ketones (excluding diaryl/α,β-unsaturated/α-hetero) is 1. The molecule has 0 radical (unpaired) electrons. The highest BCUT2D eigenvalue weighted by Gasteiger charge is 2.44. The molecule has 4 rings (SSSR count). The van der Waals surface area contributed by atoms with Crippen LogP contribution >= 0.6 is 0 Å². The van der Waals surface area contributed by atoms with Gasteiger partial charge in [0, 0.05) is 22.8 Å². The smallest absolute Gasteiger partial charge is 0.234 e. The zero-order valence-corrected chi connectivity index (χ0v) is 14.3. The van der Waals surface area contributed by atoms with Crippen LogP contribution < -0.4 is 0 Å². The van der Waals surface area contributed by atoms with E-state index in [4.69, 9.17) is 0 Å². The summed E-state index contributed by atoms with van der Waals surface area (Å²) in [6, 6.07) is 7.43. The first-order chi connectivity index (χ1) is 12.0. The first-order valence-corrected chi connectivity index (χ1v) is 8.49. The molecule has 1 saturated carbocycles. The van der Waals surface area contributed by atoms with Gasteiger partial charge in [-0.1, -0.05) is 36.4 Å². The molecule has 1 aromatic carbocycles. The normalized spacial score (nSPS) is 18.5. The van der Waals surface area contributed by atoms with Crippen molar-refractivity contribution in [2.45, 2.75) is 39.5 Å². The Morgan fingerprint density at radius 2 is 1.96 bits per heavy atom. The number of allylic oxidation sites excluding steroid dienone is 1. The van der Waals surface area contributed by atoms with Gasteiger partial charge in [0.2, 0.25) is 5.95 Å². The van der Waals surface area contributed by atoms with E-state index < -0.39 is 5.95 Å². The van der Waals surface area contributed by atoms with Crippen LogP contribution in [0.15, 0.2) is 35.2 Å². The number of carbonyl (C=O) groups is 1. The van der Waals surface area contributed by atoms with Crippen LogP contribution in [0.4, 0.5) is 4.39 Å². The van der Waals surface area contributed by atoms with E-state index >= 15 is 0 Å². The van der Waals surface area contributed by atoms with Crippen LogP contribution in [0.5, 0.6) is 0 Å². The van der Waals surface area contributed by atoms with Crippen LogP contribution in [0.1, 0.15) is 48.7 Å². The van der Waals surface area contributed by atoms with Crippen molar-refractivity contribution in [2.24, 2.45) is 10.4 Å². The Bertz CT molecular complexity index is 904. The number of aliphatic imine (C=N–C) groups is 1. The molecule has 5 nitrogen and oxygen atoms in total. The standard InChI is InChI=1S/C19H19FN4O/c1-12-16(22-23-24(12)15-4-3-11-21-18(15)20)13-5-7-14(8-6-13)17(25)19(2)9-10-19/h5-8,11H,3-4,9-10H2,1-2H3. The molecule has 128 valence electrons. The molecule has 1 aliphatic carbocycles. The summed E-state index contributed by atoms with van der Waals surface area (Å²) in [5.41, 5.74) is 3.30. The molecule has 6 heteroatoms. The Labute approximate surface area is 145 Å². The average Bonchev–Trinajstić information content (AvgIpc) is 3.27. The Morgan fingerprint density at radius 3 is 2.60 bits per heavy atom. The maximum atomic E-state index is 13.9. The maximum Gasteiger partial charge on any atom is 0.234 e.